The summed E-state index contributed by atoms with van der Waals surface area (Å²) in [5.41, 5.74) is 6.20. The van der Waals surface area contributed by atoms with Crippen LogP contribution in [0, 0.1) is 0 Å². The first kappa shape index (κ1) is 16.5. The highest BCUT2D eigenvalue weighted by atomic mass is 16.5. The lowest BCUT2D eigenvalue weighted by molar-refractivity contribution is -0.155. The van der Waals surface area contributed by atoms with Crippen molar-refractivity contribution in [3.63, 3.8) is 0 Å². The number of amides is 3. The number of carbonyl (C=O) groups excluding carboxylic acids is 3. The zero-order valence-corrected chi connectivity index (χ0v) is 13.4. The molecule has 7 heteroatoms. The molecule has 0 saturated carbocycles. The maximum Gasteiger partial charge on any atom is 0.318 e. The Labute approximate surface area is 143 Å². The average molecular weight is 340 g/mol. The number of hydrogen-bond donors (Lipinski definition) is 2. The molecule has 2 aromatic carbocycles. The molecule has 1 aliphatic heterocycles. The summed E-state index contributed by atoms with van der Waals surface area (Å²) in [7, 11) is 0. The Morgan fingerprint density at radius 1 is 1.04 bits per heavy atom. The van der Waals surface area contributed by atoms with E-state index < -0.39 is 29.9 Å². The van der Waals surface area contributed by atoms with Gasteiger partial charge in [-0.1, -0.05) is 36.4 Å². The topological polar surface area (TPSA) is 108 Å². The molecular formula is C18H16N2O5. The smallest absolute Gasteiger partial charge is 0.318 e. The van der Waals surface area contributed by atoms with Gasteiger partial charge in [0.05, 0.1) is 0 Å². The SMILES string of the molecule is C[C@@H](OC(=O)C1c2ccccc2Oc2ccccc21)C(=O)NC(N)=O. The molecule has 1 atom stereocenters. The first-order valence-corrected chi connectivity index (χ1v) is 7.64. The van der Waals surface area contributed by atoms with Crippen LogP contribution in [0.15, 0.2) is 48.5 Å². The zero-order chi connectivity index (χ0) is 18.0. The molecule has 3 rings (SSSR count). The number of imide groups is 1. The molecule has 25 heavy (non-hydrogen) atoms. The fraction of sp³-hybridized carbons (Fsp3) is 0.167. The van der Waals surface area contributed by atoms with Crippen LogP contribution < -0.4 is 15.8 Å². The van der Waals surface area contributed by atoms with Crippen LogP contribution >= 0.6 is 0 Å². The molecule has 0 radical (unpaired) electrons. The van der Waals surface area contributed by atoms with Crippen molar-refractivity contribution < 1.29 is 23.9 Å². The summed E-state index contributed by atoms with van der Waals surface area (Å²) in [6.07, 6.45) is -1.16. The number of para-hydroxylation sites is 2. The van der Waals surface area contributed by atoms with Crippen molar-refractivity contribution in [1.29, 1.82) is 0 Å². The van der Waals surface area contributed by atoms with Gasteiger partial charge in [-0.05, 0) is 19.1 Å². The second-order valence-corrected chi connectivity index (χ2v) is 5.54. The lowest BCUT2D eigenvalue weighted by Gasteiger charge is -2.27. The van der Waals surface area contributed by atoms with E-state index in [1.54, 1.807) is 48.5 Å². The summed E-state index contributed by atoms with van der Waals surface area (Å²) < 4.78 is 11.1. The number of rotatable bonds is 3. The van der Waals surface area contributed by atoms with Gasteiger partial charge in [-0.15, -0.1) is 0 Å². The summed E-state index contributed by atoms with van der Waals surface area (Å²) in [4.78, 5) is 35.3. The Hall–Kier alpha value is -3.35. The second-order valence-electron chi connectivity index (χ2n) is 5.54. The molecule has 0 saturated heterocycles. The Bertz CT molecular complexity index is 803. The van der Waals surface area contributed by atoms with Crippen molar-refractivity contribution in [2.75, 3.05) is 0 Å². The van der Waals surface area contributed by atoms with E-state index >= 15 is 0 Å². The van der Waals surface area contributed by atoms with Crippen LogP contribution in [-0.4, -0.2) is 24.0 Å². The van der Waals surface area contributed by atoms with E-state index in [4.69, 9.17) is 15.2 Å². The minimum atomic E-state index is -1.16. The number of fused-ring (bicyclic) bond motifs is 2. The number of hydrogen-bond acceptors (Lipinski definition) is 5. The quantitative estimate of drug-likeness (QED) is 0.832. The van der Waals surface area contributed by atoms with Gasteiger partial charge in [0.1, 0.15) is 17.4 Å². The zero-order valence-electron chi connectivity index (χ0n) is 13.4. The van der Waals surface area contributed by atoms with Crippen molar-refractivity contribution in [2.45, 2.75) is 18.9 Å². The molecule has 128 valence electrons. The van der Waals surface area contributed by atoms with Crippen molar-refractivity contribution in [2.24, 2.45) is 5.73 Å². The summed E-state index contributed by atoms with van der Waals surface area (Å²) in [5, 5.41) is 1.89. The highest BCUT2D eigenvalue weighted by Gasteiger charge is 2.35. The maximum absolute atomic E-state index is 12.8. The average Bonchev–Trinajstić information content (AvgIpc) is 2.58. The Kier molecular flexibility index (Phi) is 4.38. The fourth-order valence-corrected chi connectivity index (χ4v) is 2.68. The Morgan fingerprint density at radius 3 is 2.08 bits per heavy atom. The van der Waals surface area contributed by atoms with E-state index in [2.05, 4.69) is 0 Å². The number of urea groups is 1. The van der Waals surface area contributed by atoms with Crippen molar-refractivity contribution in [3.05, 3.63) is 59.7 Å². The Balaban J connectivity index is 1.90. The number of ether oxygens (including phenoxy) is 2. The van der Waals surface area contributed by atoms with Gasteiger partial charge < -0.3 is 15.2 Å². The summed E-state index contributed by atoms with van der Waals surface area (Å²) in [6, 6.07) is 13.2. The number of carbonyl (C=O) groups is 3. The van der Waals surface area contributed by atoms with Gasteiger partial charge in [-0.2, -0.15) is 0 Å². The summed E-state index contributed by atoms with van der Waals surface area (Å²) in [6.45, 7) is 1.37. The largest absolute Gasteiger partial charge is 0.457 e. The second kappa shape index (κ2) is 6.64. The van der Waals surface area contributed by atoms with E-state index in [-0.39, 0.29) is 0 Å². The number of esters is 1. The number of nitrogens with two attached hydrogens (primary N) is 1. The van der Waals surface area contributed by atoms with E-state index in [9.17, 15) is 14.4 Å². The lowest BCUT2D eigenvalue weighted by Crippen LogP contribution is -2.42. The first-order valence-electron chi connectivity index (χ1n) is 7.64. The van der Waals surface area contributed by atoms with Gasteiger partial charge in [-0.3, -0.25) is 14.9 Å². The molecule has 0 bridgehead atoms. The highest BCUT2D eigenvalue weighted by molar-refractivity contribution is 5.97. The molecule has 0 aromatic heterocycles. The third-order valence-corrected chi connectivity index (χ3v) is 3.82. The fourth-order valence-electron chi connectivity index (χ4n) is 2.68. The molecule has 0 fully saturated rings. The normalized spacial score (nSPS) is 13.6. The molecule has 2 aromatic rings. The molecule has 1 aliphatic rings. The van der Waals surface area contributed by atoms with Crippen LogP contribution in [0.3, 0.4) is 0 Å². The number of nitrogens with one attached hydrogen (secondary N) is 1. The predicted molar refractivity (Wildman–Crippen MR) is 88.1 cm³/mol. The number of primary amides is 1. The van der Waals surface area contributed by atoms with E-state index in [1.165, 1.54) is 6.92 Å². The first-order chi connectivity index (χ1) is 12.0. The third kappa shape index (κ3) is 3.30. The van der Waals surface area contributed by atoms with Crippen LogP contribution in [0.1, 0.15) is 24.0 Å². The van der Waals surface area contributed by atoms with Crippen molar-refractivity contribution >= 4 is 17.9 Å². The van der Waals surface area contributed by atoms with Crippen LogP contribution in [-0.2, 0) is 14.3 Å². The van der Waals surface area contributed by atoms with Gasteiger partial charge in [0.2, 0.25) is 0 Å². The van der Waals surface area contributed by atoms with Gasteiger partial charge in [0.25, 0.3) is 5.91 Å². The highest BCUT2D eigenvalue weighted by Crippen LogP contribution is 2.44. The van der Waals surface area contributed by atoms with E-state index in [0.717, 1.165) is 0 Å². The monoisotopic (exact) mass is 340 g/mol. The molecule has 7 nitrogen and oxygen atoms in total. The van der Waals surface area contributed by atoms with Crippen LogP contribution in [0.2, 0.25) is 0 Å². The lowest BCUT2D eigenvalue weighted by atomic mass is 9.88. The molecule has 1 heterocycles. The maximum atomic E-state index is 12.8. The molecule has 0 spiro atoms. The minimum Gasteiger partial charge on any atom is -0.457 e. The molecule has 3 amide bonds. The van der Waals surface area contributed by atoms with Crippen LogP contribution in [0.5, 0.6) is 11.5 Å². The van der Waals surface area contributed by atoms with Gasteiger partial charge >= 0.3 is 12.0 Å². The van der Waals surface area contributed by atoms with Crippen LogP contribution in [0.4, 0.5) is 4.79 Å². The van der Waals surface area contributed by atoms with E-state index in [0.29, 0.717) is 22.6 Å². The van der Waals surface area contributed by atoms with E-state index in [1.807, 2.05) is 5.32 Å². The van der Waals surface area contributed by atoms with Gasteiger partial charge in [0.15, 0.2) is 6.10 Å². The van der Waals surface area contributed by atoms with Gasteiger partial charge in [-0.25, -0.2) is 4.79 Å². The Morgan fingerprint density at radius 2 is 1.56 bits per heavy atom. The summed E-state index contributed by atoms with van der Waals surface area (Å²) >= 11 is 0. The molecule has 0 aliphatic carbocycles. The molecule has 3 N–H and O–H groups in total. The molecular weight excluding hydrogens is 324 g/mol. The molecule has 0 unspecified atom stereocenters. The van der Waals surface area contributed by atoms with Crippen LogP contribution in [0.25, 0.3) is 0 Å². The van der Waals surface area contributed by atoms with Crippen molar-refractivity contribution in [1.82, 2.24) is 5.32 Å². The number of benzene rings is 2. The third-order valence-electron chi connectivity index (χ3n) is 3.82. The predicted octanol–water partition coefficient (Wildman–Crippen LogP) is 2.05. The van der Waals surface area contributed by atoms with Crippen molar-refractivity contribution in [3.8, 4) is 11.5 Å². The standard InChI is InChI=1S/C18H16N2O5/c1-10(16(21)20-18(19)23)24-17(22)15-11-6-2-4-8-13(11)25-14-9-5-3-7-12(14)15/h2-10,15H,1H3,(H3,19,20,21,23)/t10-/m1/s1. The summed E-state index contributed by atoms with van der Waals surface area (Å²) in [5.74, 6) is -1.02. The minimum absolute atomic E-state index is 0.553. The van der Waals surface area contributed by atoms with Gasteiger partial charge in [0, 0.05) is 11.1 Å².